The lowest BCUT2D eigenvalue weighted by molar-refractivity contribution is -0.150. The lowest BCUT2D eigenvalue weighted by atomic mass is 10.1. The van der Waals surface area contributed by atoms with Crippen LogP contribution in [0.1, 0.15) is 34.6 Å². The number of anilines is 1. The Morgan fingerprint density at radius 2 is 1.75 bits per heavy atom. The molecule has 152 valence electrons. The monoisotopic (exact) mass is 411 g/mol. The number of esters is 1. The minimum atomic E-state index is -3.64. The minimum absolute atomic E-state index is 0.166. The summed E-state index contributed by atoms with van der Waals surface area (Å²) in [5.41, 5.74) is 0.661. The van der Waals surface area contributed by atoms with Gasteiger partial charge in [-0.3, -0.25) is 24.1 Å². The smallest absolute Gasteiger partial charge is 0.324 e. The highest BCUT2D eigenvalue weighted by molar-refractivity contribution is 7.88. The molecule has 2 rings (SSSR count). The Kier molecular flexibility index (Phi) is 6.20. The molecule has 1 heterocycles. The third-order valence-electron chi connectivity index (χ3n) is 3.98. The highest BCUT2D eigenvalue weighted by Gasteiger charge is 2.33. The molecule has 1 aromatic carbocycles. The van der Waals surface area contributed by atoms with E-state index in [1.165, 1.54) is 25.2 Å². The largest absolute Gasteiger partial charge is 0.454 e. The quantitative estimate of drug-likeness (QED) is 0.474. The molecule has 1 aliphatic heterocycles. The fraction of sp³-hybridized carbons (Fsp3) is 0.412. The Morgan fingerprint density at radius 1 is 1.14 bits per heavy atom. The third-order valence-corrected chi connectivity index (χ3v) is 4.66. The number of carbonyl (C=O) groups is 4. The molecule has 0 fully saturated rings. The first-order valence-corrected chi connectivity index (χ1v) is 10.2. The molecule has 3 amide bonds. The average molecular weight is 411 g/mol. The molecular weight excluding hydrogens is 390 g/mol. The molecule has 1 aliphatic rings. The second kappa shape index (κ2) is 8.07. The van der Waals surface area contributed by atoms with Crippen LogP contribution in [-0.2, 0) is 24.3 Å². The number of nitrogens with zero attached hydrogens (tertiary/aromatic N) is 1. The molecule has 0 aliphatic carbocycles. The maximum Gasteiger partial charge on any atom is 0.324 e. The van der Waals surface area contributed by atoms with Crippen molar-refractivity contribution in [2.75, 3.05) is 25.2 Å². The Hall–Kier alpha value is -2.79. The number of sulfonamides is 1. The predicted molar refractivity (Wildman–Crippen MR) is 99.1 cm³/mol. The molecule has 11 heteroatoms. The van der Waals surface area contributed by atoms with E-state index in [1.807, 2.05) is 0 Å². The van der Waals surface area contributed by atoms with Gasteiger partial charge < -0.3 is 10.1 Å². The number of hydrogen-bond donors (Lipinski definition) is 2. The average Bonchev–Trinajstić information content (AvgIpc) is 2.81. The number of nitrogens with one attached hydrogen (secondary N) is 2. The molecular formula is C17H21N3O7S. The normalized spacial score (nSPS) is 14.8. The first-order valence-electron chi connectivity index (χ1n) is 8.31. The maximum absolute atomic E-state index is 12.1. The number of fused-ring (bicyclic) bond motifs is 1. The highest BCUT2D eigenvalue weighted by Crippen LogP contribution is 2.24. The van der Waals surface area contributed by atoms with E-state index >= 15 is 0 Å². The Morgan fingerprint density at radius 3 is 2.32 bits per heavy atom. The lowest BCUT2D eigenvalue weighted by Crippen LogP contribution is -2.45. The zero-order valence-corrected chi connectivity index (χ0v) is 16.6. The molecule has 1 aromatic rings. The number of hydrogen-bond acceptors (Lipinski definition) is 7. The van der Waals surface area contributed by atoms with Gasteiger partial charge in [0.1, 0.15) is 6.04 Å². The summed E-state index contributed by atoms with van der Waals surface area (Å²) in [6, 6.07) is 3.11. The van der Waals surface area contributed by atoms with Gasteiger partial charge in [-0.05, 0) is 24.1 Å². The molecule has 10 nitrogen and oxygen atoms in total. The zero-order valence-electron chi connectivity index (χ0n) is 15.8. The van der Waals surface area contributed by atoms with Crippen molar-refractivity contribution in [3.8, 4) is 0 Å². The van der Waals surface area contributed by atoms with E-state index in [2.05, 4.69) is 10.0 Å². The maximum atomic E-state index is 12.1. The second-order valence-corrected chi connectivity index (χ2v) is 8.48. The van der Waals surface area contributed by atoms with Gasteiger partial charge in [0.15, 0.2) is 6.61 Å². The number of imide groups is 1. The second-order valence-electron chi connectivity index (χ2n) is 6.70. The van der Waals surface area contributed by atoms with Crippen LogP contribution in [0.5, 0.6) is 0 Å². The van der Waals surface area contributed by atoms with Crippen molar-refractivity contribution in [1.29, 1.82) is 0 Å². The third kappa shape index (κ3) is 4.93. The minimum Gasteiger partial charge on any atom is -0.454 e. The summed E-state index contributed by atoms with van der Waals surface area (Å²) in [7, 11) is -2.28. The van der Waals surface area contributed by atoms with Crippen molar-refractivity contribution in [3.63, 3.8) is 0 Å². The molecule has 0 aromatic heterocycles. The van der Waals surface area contributed by atoms with E-state index in [0.717, 1.165) is 11.2 Å². The van der Waals surface area contributed by atoms with Crippen LogP contribution in [0.25, 0.3) is 0 Å². The van der Waals surface area contributed by atoms with Gasteiger partial charge in [0.25, 0.3) is 17.7 Å². The number of benzene rings is 1. The highest BCUT2D eigenvalue weighted by atomic mass is 32.2. The molecule has 0 saturated heterocycles. The van der Waals surface area contributed by atoms with Crippen molar-refractivity contribution < 1.29 is 32.3 Å². The summed E-state index contributed by atoms with van der Waals surface area (Å²) in [6.07, 6.45) is 0.916. The number of rotatable bonds is 7. The van der Waals surface area contributed by atoms with Crippen LogP contribution in [0.15, 0.2) is 18.2 Å². The SMILES string of the molecule is CC(C)C(NS(C)(=O)=O)C(=O)OCC(=O)Nc1ccc2c(c1)C(=O)N(C)C2=O. The van der Waals surface area contributed by atoms with Crippen molar-refractivity contribution in [2.24, 2.45) is 5.92 Å². The Balaban J connectivity index is 1.99. The van der Waals surface area contributed by atoms with Gasteiger partial charge in [0, 0.05) is 12.7 Å². The predicted octanol–water partition coefficient (Wildman–Crippen LogP) is -0.0321. The van der Waals surface area contributed by atoms with Crippen LogP contribution in [-0.4, -0.2) is 63.0 Å². The van der Waals surface area contributed by atoms with E-state index in [4.69, 9.17) is 4.74 Å². The first kappa shape index (κ1) is 21.5. The fourth-order valence-electron chi connectivity index (χ4n) is 2.55. The standard InChI is InChI=1S/C17H21N3O7S/c1-9(2)14(19-28(4,25)26)17(24)27-8-13(21)18-10-5-6-11-12(7-10)16(23)20(3)15(11)22/h5-7,9,14,19H,8H2,1-4H3,(H,18,21). The fourth-order valence-corrected chi connectivity index (χ4v) is 3.38. The van der Waals surface area contributed by atoms with Gasteiger partial charge in [0.05, 0.1) is 17.4 Å². The number of carbonyl (C=O) groups excluding carboxylic acids is 4. The van der Waals surface area contributed by atoms with E-state index < -0.39 is 46.4 Å². The summed E-state index contributed by atoms with van der Waals surface area (Å²) < 4.78 is 29.7. The van der Waals surface area contributed by atoms with Crippen LogP contribution >= 0.6 is 0 Å². The lowest BCUT2D eigenvalue weighted by Gasteiger charge is -2.19. The molecule has 28 heavy (non-hydrogen) atoms. The number of amides is 3. The van der Waals surface area contributed by atoms with Crippen LogP contribution < -0.4 is 10.0 Å². The summed E-state index contributed by atoms with van der Waals surface area (Å²) >= 11 is 0. The van der Waals surface area contributed by atoms with E-state index in [1.54, 1.807) is 13.8 Å². The van der Waals surface area contributed by atoms with Crippen molar-refractivity contribution >= 4 is 39.4 Å². The van der Waals surface area contributed by atoms with Gasteiger partial charge in [-0.15, -0.1) is 0 Å². The van der Waals surface area contributed by atoms with Crippen molar-refractivity contribution in [1.82, 2.24) is 9.62 Å². The number of ether oxygens (including phenoxy) is 1. The van der Waals surface area contributed by atoms with Gasteiger partial charge in [-0.2, -0.15) is 0 Å². The summed E-state index contributed by atoms with van der Waals surface area (Å²) in [6.45, 7) is 2.62. The Bertz CT molecular complexity index is 940. The van der Waals surface area contributed by atoms with Crippen molar-refractivity contribution in [2.45, 2.75) is 19.9 Å². The van der Waals surface area contributed by atoms with Crippen LogP contribution in [0.3, 0.4) is 0 Å². The zero-order chi connectivity index (χ0) is 21.2. The van der Waals surface area contributed by atoms with Gasteiger partial charge >= 0.3 is 5.97 Å². The van der Waals surface area contributed by atoms with Gasteiger partial charge in [0.2, 0.25) is 10.0 Å². The summed E-state index contributed by atoms with van der Waals surface area (Å²) in [5, 5.41) is 2.46. The van der Waals surface area contributed by atoms with Crippen LogP contribution in [0, 0.1) is 5.92 Å². The molecule has 1 atom stereocenters. The Labute approximate surface area is 162 Å². The molecule has 0 spiro atoms. The van der Waals surface area contributed by atoms with E-state index in [-0.39, 0.29) is 22.7 Å². The molecule has 2 N–H and O–H groups in total. The van der Waals surface area contributed by atoms with Crippen LogP contribution in [0.4, 0.5) is 5.69 Å². The van der Waals surface area contributed by atoms with Gasteiger partial charge in [-0.1, -0.05) is 13.8 Å². The van der Waals surface area contributed by atoms with Crippen LogP contribution in [0.2, 0.25) is 0 Å². The van der Waals surface area contributed by atoms with Crippen molar-refractivity contribution in [3.05, 3.63) is 29.3 Å². The van der Waals surface area contributed by atoms with E-state index in [9.17, 15) is 27.6 Å². The topological polar surface area (TPSA) is 139 Å². The molecule has 0 bridgehead atoms. The van der Waals surface area contributed by atoms with E-state index in [0.29, 0.717) is 0 Å². The molecule has 0 saturated carbocycles. The molecule has 1 unspecified atom stereocenters. The first-order chi connectivity index (χ1) is 12.9. The summed E-state index contributed by atoms with van der Waals surface area (Å²) in [4.78, 5) is 48.9. The van der Waals surface area contributed by atoms with Gasteiger partial charge in [-0.25, -0.2) is 13.1 Å². The molecule has 0 radical (unpaired) electrons. The summed E-state index contributed by atoms with van der Waals surface area (Å²) in [5.74, 6) is -2.85.